The number of rotatable bonds is 23. The number of nitrogens with one attached hydrogen (secondary N) is 1. The molecule has 1 rings (SSSR count). The van der Waals surface area contributed by atoms with Crippen molar-refractivity contribution in [2.45, 2.75) is 109 Å². The van der Waals surface area contributed by atoms with Crippen LogP contribution >= 0.6 is 0 Å². The van der Waals surface area contributed by atoms with Crippen molar-refractivity contribution in [3.05, 3.63) is 5.82 Å². The molecule has 0 bridgehead atoms. The maximum Gasteiger partial charge on any atom is 0.174 e. The van der Waals surface area contributed by atoms with E-state index in [2.05, 4.69) is 20.6 Å². The van der Waals surface area contributed by atoms with E-state index in [0.717, 1.165) is 37.9 Å². The zero-order valence-corrected chi connectivity index (χ0v) is 19.2. The molecule has 1 aromatic heterocycles. The lowest BCUT2D eigenvalue weighted by Crippen LogP contribution is -2.05. The average molecular weight is 425 g/mol. The van der Waals surface area contributed by atoms with Crippen LogP contribution in [0.1, 0.15) is 109 Å². The zero-order valence-electron chi connectivity index (χ0n) is 19.2. The summed E-state index contributed by atoms with van der Waals surface area (Å²) in [4.78, 5) is 11.8. The Bertz CT molecular complexity index is 483. The molecule has 0 atom stereocenters. The summed E-state index contributed by atoms with van der Waals surface area (Å²) < 4.78 is 10.3. The van der Waals surface area contributed by atoms with Crippen LogP contribution in [0.5, 0.6) is 0 Å². The number of nitrogens with zero attached hydrogens (tertiary/aromatic N) is 3. The maximum absolute atomic E-state index is 11.8. The van der Waals surface area contributed by atoms with Crippen molar-refractivity contribution < 1.29 is 14.3 Å². The number of aromatic amines is 1. The van der Waals surface area contributed by atoms with Gasteiger partial charge < -0.3 is 9.47 Å². The van der Waals surface area contributed by atoms with Gasteiger partial charge in [0.25, 0.3) is 0 Å². The van der Waals surface area contributed by atoms with E-state index < -0.39 is 0 Å². The number of tetrazole rings is 1. The minimum Gasteiger partial charge on any atom is -0.382 e. The molecule has 1 aromatic rings. The molecule has 0 saturated carbocycles. The first-order valence-electron chi connectivity index (χ1n) is 12.1. The third kappa shape index (κ3) is 17.5. The number of aryl methyl sites for hydroxylation is 1. The number of ether oxygens (including phenoxy) is 2. The van der Waals surface area contributed by atoms with Crippen LogP contribution in [-0.4, -0.2) is 53.3 Å². The average Bonchev–Trinajstić information content (AvgIpc) is 3.27. The van der Waals surface area contributed by atoms with Gasteiger partial charge in [-0.05, 0) is 19.3 Å². The lowest BCUT2D eigenvalue weighted by molar-refractivity contribution is -0.119. The van der Waals surface area contributed by atoms with E-state index in [0.29, 0.717) is 32.0 Å². The van der Waals surface area contributed by atoms with E-state index in [1.807, 2.05) is 0 Å². The number of carbonyl (C=O) groups excluding carboxylic acids is 1. The molecule has 0 saturated heterocycles. The molecule has 0 spiro atoms. The minimum atomic E-state index is 0.389. The van der Waals surface area contributed by atoms with E-state index in [9.17, 15) is 4.79 Å². The highest BCUT2D eigenvalue weighted by Gasteiger charge is 2.02. The summed E-state index contributed by atoms with van der Waals surface area (Å²) in [6.07, 6.45) is 19.9. The first-order valence-corrected chi connectivity index (χ1v) is 12.1. The van der Waals surface area contributed by atoms with Crippen molar-refractivity contribution in [1.82, 2.24) is 20.6 Å². The molecule has 0 aliphatic heterocycles. The molecular formula is C23H44N4O3. The van der Waals surface area contributed by atoms with Gasteiger partial charge in [0.1, 0.15) is 5.78 Å². The lowest BCUT2D eigenvalue weighted by atomic mass is 10.0. The third-order valence-electron chi connectivity index (χ3n) is 5.42. The molecule has 0 unspecified atom stereocenters. The SMILES string of the molecule is COCCOCCCC(=O)CCCCCCCCCCCCCCCc1nn[nH]n1. The van der Waals surface area contributed by atoms with Crippen LogP contribution in [0.15, 0.2) is 0 Å². The van der Waals surface area contributed by atoms with Crippen LogP contribution in [0.2, 0.25) is 0 Å². The molecule has 7 heteroatoms. The molecule has 0 amide bonds. The number of Topliss-reactive ketones (excluding diaryl/α,β-unsaturated/α-hetero) is 1. The number of H-pyrrole nitrogens is 1. The summed E-state index contributed by atoms with van der Waals surface area (Å²) in [7, 11) is 1.67. The Morgan fingerprint density at radius 2 is 1.30 bits per heavy atom. The fraction of sp³-hybridized carbons (Fsp3) is 0.913. The first kappa shape index (κ1) is 26.7. The summed E-state index contributed by atoms with van der Waals surface area (Å²) in [5.74, 6) is 1.22. The lowest BCUT2D eigenvalue weighted by Gasteiger charge is -2.04. The van der Waals surface area contributed by atoms with Crippen molar-refractivity contribution in [2.75, 3.05) is 26.9 Å². The topological polar surface area (TPSA) is 90.0 Å². The van der Waals surface area contributed by atoms with Gasteiger partial charge in [0.2, 0.25) is 0 Å². The summed E-state index contributed by atoms with van der Waals surface area (Å²) >= 11 is 0. The van der Waals surface area contributed by atoms with Crippen molar-refractivity contribution in [1.29, 1.82) is 0 Å². The molecule has 174 valence electrons. The fourth-order valence-electron chi connectivity index (χ4n) is 3.58. The Balaban J connectivity index is 1.70. The van der Waals surface area contributed by atoms with Crippen molar-refractivity contribution >= 4 is 5.78 Å². The smallest absolute Gasteiger partial charge is 0.174 e. The molecule has 1 N–H and O–H groups in total. The second-order valence-corrected chi connectivity index (χ2v) is 8.17. The summed E-state index contributed by atoms with van der Waals surface area (Å²) in [6.45, 7) is 1.91. The summed E-state index contributed by atoms with van der Waals surface area (Å²) in [6, 6.07) is 0. The number of methoxy groups -OCH3 is 1. The molecule has 1 heterocycles. The van der Waals surface area contributed by atoms with Crippen LogP contribution in [0.4, 0.5) is 0 Å². The molecular weight excluding hydrogens is 380 g/mol. The number of carbonyl (C=O) groups is 1. The largest absolute Gasteiger partial charge is 0.382 e. The van der Waals surface area contributed by atoms with Gasteiger partial charge in [0.05, 0.1) is 13.2 Å². The van der Waals surface area contributed by atoms with Gasteiger partial charge in [-0.15, -0.1) is 10.2 Å². The Morgan fingerprint density at radius 3 is 1.87 bits per heavy atom. The van der Waals surface area contributed by atoms with Gasteiger partial charge in [-0.3, -0.25) is 4.79 Å². The second-order valence-electron chi connectivity index (χ2n) is 8.17. The number of ketones is 1. The number of hydrogen-bond acceptors (Lipinski definition) is 6. The molecule has 30 heavy (non-hydrogen) atoms. The van der Waals surface area contributed by atoms with Gasteiger partial charge >= 0.3 is 0 Å². The zero-order chi connectivity index (χ0) is 21.5. The van der Waals surface area contributed by atoms with E-state index in [-0.39, 0.29) is 0 Å². The minimum absolute atomic E-state index is 0.389. The molecule has 0 fully saturated rings. The monoisotopic (exact) mass is 424 g/mol. The molecule has 7 nitrogen and oxygen atoms in total. The number of hydrogen-bond donors (Lipinski definition) is 1. The van der Waals surface area contributed by atoms with Crippen LogP contribution in [0.3, 0.4) is 0 Å². The van der Waals surface area contributed by atoms with E-state index in [1.165, 1.54) is 70.6 Å². The van der Waals surface area contributed by atoms with Crippen LogP contribution in [-0.2, 0) is 20.7 Å². The van der Waals surface area contributed by atoms with Crippen molar-refractivity contribution in [3.8, 4) is 0 Å². The van der Waals surface area contributed by atoms with Crippen molar-refractivity contribution in [3.63, 3.8) is 0 Å². The normalized spacial score (nSPS) is 11.2. The van der Waals surface area contributed by atoms with Crippen LogP contribution in [0.25, 0.3) is 0 Å². The van der Waals surface area contributed by atoms with Gasteiger partial charge in [0, 0.05) is 33.0 Å². The first-order chi connectivity index (χ1) is 14.8. The molecule has 0 aliphatic carbocycles. The van der Waals surface area contributed by atoms with E-state index in [1.54, 1.807) is 7.11 Å². The summed E-state index contributed by atoms with van der Waals surface area (Å²) in [5.41, 5.74) is 0. The Kier molecular flexibility index (Phi) is 18.6. The number of unbranched alkanes of at least 4 members (excludes halogenated alkanes) is 12. The highest BCUT2D eigenvalue weighted by molar-refractivity contribution is 5.78. The fourth-order valence-corrected chi connectivity index (χ4v) is 3.58. The molecule has 0 aromatic carbocycles. The summed E-state index contributed by atoms with van der Waals surface area (Å²) in [5, 5.41) is 14.0. The quantitative estimate of drug-likeness (QED) is 0.242. The molecule has 0 aliphatic rings. The maximum atomic E-state index is 11.8. The molecule has 0 radical (unpaired) electrons. The van der Waals surface area contributed by atoms with Crippen LogP contribution in [0, 0.1) is 0 Å². The number of aromatic nitrogens is 4. The van der Waals surface area contributed by atoms with Gasteiger partial charge in [-0.1, -0.05) is 75.8 Å². The predicted molar refractivity (Wildman–Crippen MR) is 119 cm³/mol. The predicted octanol–water partition coefficient (Wildman–Crippen LogP) is 5.22. The van der Waals surface area contributed by atoms with E-state index >= 15 is 0 Å². The highest BCUT2D eigenvalue weighted by Crippen LogP contribution is 2.13. The third-order valence-corrected chi connectivity index (χ3v) is 5.42. The van der Waals surface area contributed by atoms with E-state index in [4.69, 9.17) is 9.47 Å². The van der Waals surface area contributed by atoms with Gasteiger partial charge in [-0.2, -0.15) is 5.21 Å². The van der Waals surface area contributed by atoms with Crippen molar-refractivity contribution in [2.24, 2.45) is 0 Å². The Labute approximate surface area is 183 Å². The second kappa shape index (κ2) is 20.9. The highest BCUT2D eigenvalue weighted by atomic mass is 16.5. The van der Waals surface area contributed by atoms with Crippen LogP contribution < -0.4 is 0 Å². The Morgan fingerprint density at radius 1 is 0.733 bits per heavy atom. The Hall–Kier alpha value is -1.34. The van der Waals surface area contributed by atoms with Gasteiger partial charge in [0.15, 0.2) is 5.82 Å². The van der Waals surface area contributed by atoms with Gasteiger partial charge in [-0.25, -0.2) is 0 Å². The standard InChI is InChI=1S/C23H44N4O3/c1-29-20-21-30-19-15-17-22(28)16-13-11-9-7-5-3-2-4-6-8-10-12-14-18-23-24-26-27-25-23/h2-21H2,1H3,(H,24,25,26,27).